The SMILES string of the molecule is NC(=S)Nc1c(Cc2ccccc2)cc2c(c1Cc1ccccc1)Cc1cc(N)ccc1-2. The molecule has 4 aromatic rings. The highest BCUT2D eigenvalue weighted by atomic mass is 32.1. The summed E-state index contributed by atoms with van der Waals surface area (Å²) in [6, 6.07) is 29.6. The Balaban J connectivity index is 1.72. The second kappa shape index (κ2) is 8.48. The summed E-state index contributed by atoms with van der Waals surface area (Å²) in [5, 5.41) is 3.62. The summed E-state index contributed by atoms with van der Waals surface area (Å²) in [5.74, 6) is 0. The number of anilines is 2. The molecule has 5 N–H and O–H groups in total. The Morgan fingerprint density at radius 2 is 1.47 bits per heavy atom. The Kier molecular flexibility index (Phi) is 5.38. The van der Waals surface area contributed by atoms with E-state index in [1.807, 2.05) is 18.2 Å². The highest BCUT2D eigenvalue weighted by Gasteiger charge is 2.26. The Bertz CT molecular complexity index is 1300. The zero-order valence-corrected chi connectivity index (χ0v) is 18.6. The van der Waals surface area contributed by atoms with Crippen LogP contribution in [0, 0.1) is 0 Å². The first-order chi connectivity index (χ1) is 15.6. The van der Waals surface area contributed by atoms with Crippen molar-refractivity contribution in [1.29, 1.82) is 0 Å². The number of hydrogen-bond donors (Lipinski definition) is 3. The fraction of sp³-hybridized carbons (Fsp3) is 0.107. The first-order valence-corrected chi connectivity index (χ1v) is 11.2. The van der Waals surface area contributed by atoms with E-state index in [1.54, 1.807) is 0 Å². The topological polar surface area (TPSA) is 64.1 Å². The lowest BCUT2D eigenvalue weighted by Gasteiger charge is -2.21. The number of rotatable bonds is 5. The van der Waals surface area contributed by atoms with Gasteiger partial charge in [0.15, 0.2) is 5.11 Å². The number of nitrogens with one attached hydrogen (secondary N) is 1. The van der Waals surface area contributed by atoms with Crippen LogP contribution in [0.15, 0.2) is 84.9 Å². The van der Waals surface area contributed by atoms with Gasteiger partial charge in [0.05, 0.1) is 0 Å². The van der Waals surface area contributed by atoms with Crippen LogP contribution in [-0.4, -0.2) is 5.11 Å². The highest BCUT2D eigenvalue weighted by Crippen LogP contribution is 2.44. The first-order valence-electron chi connectivity index (χ1n) is 10.8. The van der Waals surface area contributed by atoms with E-state index in [9.17, 15) is 0 Å². The van der Waals surface area contributed by atoms with E-state index >= 15 is 0 Å². The van der Waals surface area contributed by atoms with Crippen molar-refractivity contribution in [2.45, 2.75) is 19.3 Å². The fourth-order valence-corrected chi connectivity index (χ4v) is 4.83. The minimum Gasteiger partial charge on any atom is -0.399 e. The molecule has 1 aliphatic carbocycles. The van der Waals surface area contributed by atoms with Crippen LogP contribution < -0.4 is 16.8 Å². The summed E-state index contributed by atoms with van der Waals surface area (Å²) in [6.07, 6.45) is 2.46. The smallest absolute Gasteiger partial charge is 0.168 e. The van der Waals surface area contributed by atoms with E-state index in [0.717, 1.165) is 30.6 Å². The van der Waals surface area contributed by atoms with Crippen LogP contribution >= 0.6 is 12.2 Å². The molecule has 0 radical (unpaired) electrons. The molecule has 0 amide bonds. The van der Waals surface area contributed by atoms with Crippen LogP contribution in [0.3, 0.4) is 0 Å². The molecule has 0 bridgehead atoms. The van der Waals surface area contributed by atoms with Crippen molar-refractivity contribution in [3.05, 3.63) is 118 Å². The summed E-state index contributed by atoms with van der Waals surface area (Å²) in [5.41, 5.74) is 24.0. The highest BCUT2D eigenvalue weighted by molar-refractivity contribution is 7.80. The molecular weight excluding hydrogens is 410 g/mol. The molecule has 0 saturated heterocycles. The van der Waals surface area contributed by atoms with Gasteiger partial charge in [-0.3, -0.25) is 0 Å². The molecule has 4 aromatic carbocycles. The van der Waals surface area contributed by atoms with Crippen molar-refractivity contribution in [3.63, 3.8) is 0 Å². The van der Waals surface area contributed by atoms with Crippen molar-refractivity contribution in [1.82, 2.24) is 0 Å². The van der Waals surface area contributed by atoms with Gasteiger partial charge in [0.2, 0.25) is 0 Å². The van der Waals surface area contributed by atoms with E-state index in [1.165, 1.54) is 44.5 Å². The Morgan fingerprint density at radius 1 is 0.812 bits per heavy atom. The van der Waals surface area contributed by atoms with Gasteiger partial charge in [0.1, 0.15) is 0 Å². The summed E-state index contributed by atoms with van der Waals surface area (Å²) in [7, 11) is 0. The Hall–Kier alpha value is -3.63. The van der Waals surface area contributed by atoms with Crippen molar-refractivity contribution in [2.75, 3.05) is 11.1 Å². The van der Waals surface area contributed by atoms with Crippen LogP contribution in [0.25, 0.3) is 11.1 Å². The molecule has 0 atom stereocenters. The zero-order valence-electron chi connectivity index (χ0n) is 17.8. The molecule has 158 valence electrons. The van der Waals surface area contributed by atoms with E-state index in [4.69, 9.17) is 23.7 Å². The molecule has 0 aliphatic heterocycles. The van der Waals surface area contributed by atoms with Gasteiger partial charge in [0.25, 0.3) is 0 Å². The van der Waals surface area contributed by atoms with E-state index in [-0.39, 0.29) is 5.11 Å². The first kappa shape index (κ1) is 20.3. The van der Waals surface area contributed by atoms with Gasteiger partial charge in [-0.15, -0.1) is 0 Å². The third-order valence-corrected chi connectivity index (χ3v) is 6.23. The number of nitrogens with two attached hydrogens (primary N) is 2. The number of nitrogen functional groups attached to an aromatic ring is 1. The number of thiocarbonyl (C=S) groups is 1. The van der Waals surface area contributed by atoms with Crippen molar-refractivity contribution in [3.8, 4) is 11.1 Å². The maximum Gasteiger partial charge on any atom is 0.168 e. The predicted molar refractivity (Wildman–Crippen MR) is 138 cm³/mol. The summed E-state index contributed by atoms with van der Waals surface area (Å²) in [4.78, 5) is 0. The van der Waals surface area contributed by atoms with Crippen LogP contribution in [0.1, 0.15) is 33.4 Å². The van der Waals surface area contributed by atoms with Gasteiger partial charge in [0, 0.05) is 11.4 Å². The maximum atomic E-state index is 6.11. The lowest BCUT2D eigenvalue weighted by Crippen LogP contribution is -2.22. The van der Waals surface area contributed by atoms with Gasteiger partial charge < -0.3 is 16.8 Å². The van der Waals surface area contributed by atoms with Crippen LogP contribution in [0.2, 0.25) is 0 Å². The Morgan fingerprint density at radius 3 is 2.12 bits per heavy atom. The largest absolute Gasteiger partial charge is 0.399 e. The molecule has 0 heterocycles. The number of benzene rings is 4. The fourth-order valence-electron chi connectivity index (χ4n) is 4.73. The molecule has 0 spiro atoms. The average molecular weight is 436 g/mol. The third kappa shape index (κ3) is 3.97. The third-order valence-electron chi connectivity index (χ3n) is 6.13. The Labute approximate surface area is 194 Å². The molecule has 1 aliphatic rings. The van der Waals surface area contributed by atoms with Crippen molar-refractivity contribution >= 4 is 28.7 Å². The van der Waals surface area contributed by atoms with Gasteiger partial charge >= 0.3 is 0 Å². The van der Waals surface area contributed by atoms with E-state index in [0.29, 0.717) is 0 Å². The molecular formula is C28H25N3S. The minimum absolute atomic E-state index is 0.285. The molecule has 0 saturated carbocycles. The van der Waals surface area contributed by atoms with Crippen LogP contribution in [-0.2, 0) is 19.3 Å². The molecule has 4 heteroatoms. The summed E-state index contributed by atoms with van der Waals surface area (Å²) < 4.78 is 0. The average Bonchev–Trinajstić information content (AvgIpc) is 3.14. The molecule has 5 rings (SSSR count). The zero-order chi connectivity index (χ0) is 22.1. The van der Waals surface area contributed by atoms with Crippen LogP contribution in [0.4, 0.5) is 11.4 Å². The van der Waals surface area contributed by atoms with E-state index in [2.05, 4.69) is 72.0 Å². The quantitative estimate of drug-likeness (QED) is 0.246. The summed E-state index contributed by atoms with van der Waals surface area (Å²) >= 11 is 5.29. The summed E-state index contributed by atoms with van der Waals surface area (Å²) in [6.45, 7) is 0. The molecule has 0 unspecified atom stereocenters. The molecule has 3 nitrogen and oxygen atoms in total. The molecule has 0 aromatic heterocycles. The second-order valence-corrected chi connectivity index (χ2v) is 8.76. The predicted octanol–water partition coefficient (Wildman–Crippen LogP) is 5.68. The van der Waals surface area contributed by atoms with Gasteiger partial charge in [-0.25, -0.2) is 0 Å². The maximum absolute atomic E-state index is 6.11. The number of hydrogen-bond acceptors (Lipinski definition) is 2. The van der Waals surface area contributed by atoms with Crippen molar-refractivity contribution < 1.29 is 0 Å². The molecule has 32 heavy (non-hydrogen) atoms. The lowest BCUT2D eigenvalue weighted by atomic mass is 9.89. The monoisotopic (exact) mass is 435 g/mol. The standard InChI is InChI=1S/C28H25N3S/c29-22-11-12-23-20(15-22)16-25-24(23)17-21(13-18-7-3-1-4-8-18)27(31-28(30)32)26(25)14-19-9-5-2-6-10-19/h1-12,15,17H,13-14,16,29H2,(H3,30,31,32). The van der Waals surface area contributed by atoms with Gasteiger partial charge in [-0.1, -0.05) is 66.7 Å². The minimum atomic E-state index is 0.285. The number of fused-ring (bicyclic) bond motifs is 3. The normalized spacial score (nSPS) is 11.6. The van der Waals surface area contributed by atoms with Crippen molar-refractivity contribution in [2.24, 2.45) is 5.73 Å². The van der Waals surface area contributed by atoms with Gasteiger partial charge in [-0.2, -0.15) is 0 Å². The second-order valence-electron chi connectivity index (χ2n) is 8.32. The van der Waals surface area contributed by atoms with Crippen LogP contribution in [0.5, 0.6) is 0 Å². The lowest BCUT2D eigenvalue weighted by molar-refractivity contribution is 1.10. The van der Waals surface area contributed by atoms with E-state index < -0.39 is 0 Å². The van der Waals surface area contributed by atoms with Gasteiger partial charge in [-0.05, 0) is 94.2 Å². The molecule has 0 fully saturated rings.